The normalized spacial score (nSPS) is 11.5. The van der Waals surface area contributed by atoms with Crippen molar-refractivity contribution in [2.75, 3.05) is 13.2 Å². The van der Waals surface area contributed by atoms with Gasteiger partial charge in [0.05, 0.1) is 6.04 Å². The lowest BCUT2D eigenvalue weighted by molar-refractivity contribution is -0.150. The molecule has 1 N–H and O–H groups in total. The highest BCUT2D eigenvalue weighted by molar-refractivity contribution is 5.81. The van der Waals surface area contributed by atoms with E-state index in [0.29, 0.717) is 5.75 Å². The van der Waals surface area contributed by atoms with Gasteiger partial charge in [-0.3, -0.25) is 4.79 Å². The Morgan fingerprint density at radius 2 is 1.64 bits per heavy atom. The fourth-order valence-corrected chi connectivity index (χ4v) is 2.45. The standard InChI is InChI=1S/C20H23NO4/c1-14-9-15(2)11-18(10-14)24-13-20(23)25-12-19(22)21-16(3)17-7-5-4-6-8-17/h4-11,16H,12-13H2,1-3H3,(H,21,22). The fourth-order valence-electron chi connectivity index (χ4n) is 2.45. The van der Waals surface area contributed by atoms with Gasteiger partial charge in [-0.2, -0.15) is 0 Å². The first kappa shape index (κ1) is 18.5. The molecule has 1 unspecified atom stereocenters. The van der Waals surface area contributed by atoms with E-state index < -0.39 is 5.97 Å². The van der Waals surface area contributed by atoms with Gasteiger partial charge in [0.25, 0.3) is 5.91 Å². The van der Waals surface area contributed by atoms with Crippen LogP contribution < -0.4 is 10.1 Å². The Morgan fingerprint density at radius 1 is 1.00 bits per heavy atom. The molecule has 25 heavy (non-hydrogen) atoms. The number of ether oxygens (including phenoxy) is 2. The van der Waals surface area contributed by atoms with Crippen molar-refractivity contribution < 1.29 is 19.1 Å². The number of nitrogens with one attached hydrogen (secondary N) is 1. The molecule has 5 nitrogen and oxygen atoms in total. The summed E-state index contributed by atoms with van der Waals surface area (Å²) >= 11 is 0. The Kier molecular flexibility index (Phi) is 6.57. The highest BCUT2D eigenvalue weighted by Crippen LogP contribution is 2.16. The van der Waals surface area contributed by atoms with Gasteiger partial charge in [-0.1, -0.05) is 36.4 Å². The van der Waals surface area contributed by atoms with Gasteiger partial charge in [-0.05, 0) is 49.6 Å². The number of hydrogen-bond acceptors (Lipinski definition) is 4. The number of aryl methyl sites for hydroxylation is 2. The van der Waals surface area contributed by atoms with Crippen LogP contribution in [0.3, 0.4) is 0 Å². The first-order valence-corrected chi connectivity index (χ1v) is 8.15. The van der Waals surface area contributed by atoms with Crippen molar-refractivity contribution in [2.45, 2.75) is 26.8 Å². The van der Waals surface area contributed by atoms with Gasteiger partial charge in [0, 0.05) is 0 Å². The van der Waals surface area contributed by atoms with Gasteiger partial charge in [0.2, 0.25) is 0 Å². The molecule has 0 spiro atoms. The minimum absolute atomic E-state index is 0.154. The van der Waals surface area contributed by atoms with Crippen molar-refractivity contribution in [3.05, 3.63) is 65.2 Å². The highest BCUT2D eigenvalue weighted by atomic mass is 16.6. The molecule has 1 amide bonds. The molecule has 2 aromatic rings. The van der Waals surface area contributed by atoms with E-state index in [1.807, 2.05) is 69.3 Å². The molecule has 2 aromatic carbocycles. The third-order valence-corrected chi connectivity index (χ3v) is 3.59. The van der Waals surface area contributed by atoms with Crippen molar-refractivity contribution in [1.82, 2.24) is 5.32 Å². The van der Waals surface area contributed by atoms with E-state index in [2.05, 4.69) is 5.32 Å². The summed E-state index contributed by atoms with van der Waals surface area (Å²) in [4.78, 5) is 23.6. The Labute approximate surface area is 148 Å². The summed E-state index contributed by atoms with van der Waals surface area (Å²) in [6.45, 7) is 5.22. The minimum Gasteiger partial charge on any atom is -0.482 e. The molecule has 0 saturated carbocycles. The molecule has 2 rings (SSSR count). The maximum atomic E-state index is 11.9. The Hall–Kier alpha value is -2.82. The minimum atomic E-state index is -0.582. The zero-order valence-electron chi connectivity index (χ0n) is 14.7. The summed E-state index contributed by atoms with van der Waals surface area (Å²) < 4.78 is 10.4. The smallest absolute Gasteiger partial charge is 0.344 e. The molecule has 5 heteroatoms. The van der Waals surface area contributed by atoms with Crippen LogP contribution in [-0.4, -0.2) is 25.1 Å². The molecule has 0 radical (unpaired) electrons. The number of carbonyl (C=O) groups excluding carboxylic acids is 2. The number of carbonyl (C=O) groups is 2. The predicted molar refractivity (Wildman–Crippen MR) is 95.4 cm³/mol. The molecule has 0 saturated heterocycles. The molecule has 0 heterocycles. The van der Waals surface area contributed by atoms with Crippen LogP contribution in [0, 0.1) is 13.8 Å². The van der Waals surface area contributed by atoms with Crippen LogP contribution >= 0.6 is 0 Å². The topological polar surface area (TPSA) is 64.6 Å². The maximum absolute atomic E-state index is 11.9. The molecule has 132 valence electrons. The summed E-state index contributed by atoms with van der Waals surface area (Å²) in [6.07, 6.45) is 0. The Morgan fingerprint density at radius 3 is 2.28 bits per heavy atom. The summed E-state index contributed by atoms with van der Waals surface area (Å²) in [6, 6.07) is 15.1. The fraction of sp³-hybridized carbons (Fsp3) is 0.300. The van der Waals surface area contributed by atoms with Gasteiger partial charge < -0.3 is 14.8 Å². The molecular weight excluding hydrogens is 318 g/mol. The summed E-state index contributed by atoms with van der Waals surface area (Å²) in [7, 11) is 0. The SMILES string of the molecule is Cc1cc(C)cc(OCC(=O)OCC(=O)NC(C)c2ccccc2)c1. The van der Waals surface area contributed by atoms with E-state index in [1.165, 1.54) is 0 Å². The zero-order chi connectivity index (χ0) is 18.2. The third kappa shape index (κ3) is 6.30. The van der Waals surface area contributed by atoms with Gasteiger partial charge in [0.1, 0.15) is 5.75 Å². The molecule has 0 fully saturated rings. The van der Waals surface area contributed by atoms with Gasteiger partial charge in [0.15, 0.2) is 13.2 Å². The van der Waals surface area contributed by atoms with Crippen molar-refractivity contribution in [2.24, 2.45) is 0 Å². The van der Waals surface area contributed by atoms with E-state index in [0.717, 1.165) is 16.7 Å². The van der Waals surface area contributed by atoms with E-state index >= 15 is 0 Å². The van der Waals surface area contributed by atoms with Crippen LogP contribution in [0.5, 0.6) is 5.75 Å². The lowest BCUT2D eigenvalue weighted by Gasteiger charge is -2.14. The predicted octanol–water partition coefficient (Wildman–Crippen LogP) is 3.10. The van der Waals surface area contributed by atoms with Crippen molar-refractivity contribution >= 4 is 11.9 Å². The molecule has 0 aromatic heterocycles. The average molecular weight is 341 g/mol. The number of hydrogen-bond donors (Lipinski definition) is 1. The lowest BCUT2D eigenvalue weighted by Crippen LogP contribution is -2.31. The largest absolute Gasteiger partial charge is 0.482 e. The van der Waals surface area contributed by atoms with Crippen molar-refractivity contribution in [3.8, 4) is 5.75 Å². The van der Waals surface area contributed by atoms with E-state index in [1.54, 1.807) is 0 Å². The van der Waals surface area contributed by atoms with Gasteiger partial charge in [-0.15, -0.1) is 0 Å². The van der Waals surface area contributed by atoms with Crippen LogP contribution in [0.15, 0.2) is 48.5 Å². The molecular formula is C20H23NO4. The second-order valence-electron chi connectivity index (χ2n) is 5.97. The molecule has 1 atom stereocenters. The van der Waals surface area contributed by atoms with E-state index in [4.69, 9.17) is 9.47 Å². The first-order chi connectivity index (χ1) is 11.9. The second-order valence-corrected chi connectivity index (χ2v) is 5.97. The van der Waals surface area contributed by atoms with Crippen LogP contribution in [0.1, 0.15) is 29.7 Å². The first-order valence-electron chi connectivity index (χ1n) is 8.15. The monoisotopic (exact) mass is 341 g/mol. The summed E-state index contributed by atoms with van der Waals surface area (Å²) in [5.74, 6) is -0.325. The number of amides is 1. The number of rotatable bonds is 7. The molecule has 0 aliphatic carbocycles. The quantitative estimate of drug-likeness (QED) is 0.786. The van der Waals surface area contributed by atoms with Crippen molar-refractivity contribution in [1.29, 1.82) is 0 Å². The van der Waals surface area contributed by atoms with Gasteiger partial charge in [-0.25, -0.2) is 4.79 Å². The van der Waals surface area contributed by atoms with Crippen LogP contribution in [0.25, 0.3) is 0 Å². The molecule has 0 aliphatic heterocycles. The third-order valence-electron chi connectivity index (χ3n) is 3.59. The van der Waals surface area contributed by atoms with Crippen LogP contribution in [0.2, 0.25) is 0 Å². The van der Waals surface area contributed by atoms with E-state index in [-0.39, 0.29) is 25.2 Å². The van der Waals surface area contributed by atoms with Crippen LogP contribution in [-0.2, 0) is 14.3 Å². The highest BCUT2D eigenvalue weighted by Gasteiger charge is 2.12. The molecule has 0 bridgehead atoms. The lowest BCUT2D eigenvalue weighted by atomic mass is 10.1. The Bertz CT molecular complexity index is 707. The van der Waals surface area contributed by atoms with Gasteiger partial charge >= 0.3 is 5.97 Å². The number of benzene rings is 2. The van der Waals surface area contributed by atoms with Crippen molar-refractivity contribution in [3.63, 3.8) is 0 Å². The van der Waals surface area contributed by atoms with Crippen LogP contribution in [0.4, 0.5) is 0 Å². The summed E-state index contributed by atoms with van der Waals surface area (Å²) in [5, 5.41) is 2.78. The Balaban J connectivity index is 1.73. The maximum Gasteiger partial charge on any atom is 0.344 e. The summed E-state index contributed by atoms with van der Waals surface area (Å²) in [5.41, 5.74) is 3.09. The zero-order valence-corrected chi connectivity index (χ0v) is 14.7. The molecule has 0 aliphatic rings. The number of esters is 1. The van der Waals surface area contributed by atoms with E-state index in [9.17, 15) is 9.59 Å². The second kappa shape index (κ2) is 8.87. The average Bonchev–Trinajstić information content (AvgIpc) is 2.58.